The van der Waals surface area contributed by atoms with Crippen molar-refractivity contribution in [3.63, 3.8) is 0 Å². The molecule has 4 N–H and O–H groups in total. The Hall–Kier alpha value is -3.49. The van der Waals surface area contributed by atoms with E-state index in [1.165, 1.54) is 0 Å². The van der Waals surface area contributed by atoms with Crippen molar-refractivity contribution >= 4 is 58.0 Å². The van der Waals surface area contributed by atoms with Gasteiger partial charge >= 0.3 is 59.1 Å². The molecule has 1 aromatic carbocycles. The molecule has 0 spiro atoms. The Kier molecular flexibility index (Phi) is 14.6. The summed E-state index contributed by atoms with van der Waals surface area (Å²) in [4.78, 5) is 37.9. The molecule has 5 heterocycles. The molecule has 272 valence electrons. The fraction of sp³-hybridized carbons (Fsp3) is 0.225. The number of nitrogens with zero attached hydrogens (tertiary/aromatic N) is 3. The van der Waals surface area contributed by atoms with Crippen LogP contribution in [0.1, 0.15) is 53.4 Å². The molecular formula is C40H36Cl2N6Na2O5. The largest absolute Gasteiger partial charge is 1.00 e. The summed E-state index contributed by atoms with van der Waals surface area (Å²) >= 11 is 12.4. The maximum atomic E-state index is 12.1. The minimum absolute atomic E-state index is 0. The number of carbonyl (C=O) groups excluding carboxylic acids is 2. The van der Waals surface area contributed by atoms with Gasteiger partial charge in [-0.1, -0.05) is 35.9 Å². The number of anilines is 1. The second-order valence-corrected chi connectivity index (χ2v) is 13.9. The van der Waals surface area contributed by atoms with Crippen molar-refractivity contribution in [1.82, 2.24) is 10.7 Å². The van der Waals surface area contributed by atoms with Gasteiger partial charge in [0.2, 0.25) is 0 Å². The molecule has 5 aliphatic rings. The van der Waals surface area contributed by atoms with Crippen molar-refractivity contribution < 1.29 is 84.0 Å². The number of aliphatic hydroxyl groups is 1. The summed E-state index contributed by atoms with van der Waals surface area (Å²) in [6.45, 7) is 11.3. The second-order valence-electron chi connectivity index (χ2n) is 13.1. The van der Waals surface area contributed by atoms with E-state index >= 15 is 0 Å². The molecule has 0 radical (unpaired) electrons. The van der Waals surface area contributed by atoms with E-state index in [0.717, 1.165) is 22.3 Å². The quantitative estimate of drug-likeness (QED) is 0.166. The van der Waals surface area contributed by atoms with Crippen molar-refractivity contribution in [2.24, 2.45) is 15.0 Å². The fourth-order valence-corrected chi connectivity index (χ4v) is 7.08. The third kappa shape index (κ3) is 9.39. The van der Waals surface area contributed by atoms with Gasteiger partial charge in [0, 0.05) is 40.0 Å². The Morgan fingerprint density at radius 2 is 1.49 bits per heavy atom. The van der Waals surface area contributed by atoms with Crippen LogP contribution >= 0.6 is 23.2 Å². The van der Waals surface area contributed by atoms with Crippen molar-refractivity contribution in [3.8, 4) is 0 Å². The predicted octanol–water partition coefficient (Wildman–Crippen LogP) is -0.851. The molecule has 1 atom stereocenters. The summed E-state index contributed by atoms with van der Waals surface area (Å²) in [5, 5.41) is 39.6. The zero-order valence-corrected chi connectivity index (χ0v) is 37.0. The van der Waals surface area contributed by atoms with Gasteiger partial charge in [-0.15, -0.1) is 0 Å². The third-order valence-electron chi connectivity index (χ3n) is 9.63. The standard InChI is InChI=1S/C40H38Cl2N6O5.2Na/c1-6-24-20(2)30-16-31-21(3)25(8-11-38(49)50)33(44-31)18-34-26(9-12-39(51)52)22(4)32(45-34)17-36-27(40(5,53)37(47-36)19-35(24)46-30)13-14-43-48-29-10-7-23(41)15-28(29)42;;/h6-7,10,13-19,43,47-48,53H,1,8-9,11-12H2,2-5H3,(H,49,50)(H,51,52);;/q;2*+1/p-2/b14-13+,30-16?,32-17?,33-18?,37-19?;;. The molecular weight excluding hydrogens is 761 g/mol. The minimum atomic E-state index is -1.54. The van der Waals surface area contributed by atoms with E-state index in [-0.39, 0.29) is 84.8 Å². The van der Waals surface area contributed by atoms with E-state index in [1.807, 2.05) is 26.8 Å². The van der Waals surface area contributed by atoms with Crippen LogP contribution in [0.2, 0.25) is 10.0 Å². The summed E-state index contributed by atoms with van der Waals surface area (Å²) in [7, 11) is 0. The maximum absolute atomic E-state index is 12.1. The Balaban J connectivity index is 0.00000336. The average molecular weight is 798 g/mol. The minimum Gasteiger partial charge on any atom is -0.550 e. The van der Waals surface area contributed by atoms with Crippen molar-refractivity contribution in [3.05, 3.63) is 145 Å². The molecule has 55 heavy (non-hydrogen) atoms. The van der Waals surface area contributed by atoms with Crippen LogP contribution in [0.4, 0.5) is 5.69 Å². The van der Waals surface area contributed by atoms with Gasteiger partial charge in [-0.25, -0.2) is 15.0 Å². The summed E-state index contributed by atoms with van der Waals surface area (Å²) in [6, 6.07) is 5.04. The van der Waals surface area contributed by atoms with Gasteiger partial charge in [0.05, 0.1) is 50.6 Å². The number of aliphatic carboxylic acids is 2. The second kappa shape index (κ2) is 18.2. The van der Waals surface area contributed by atoms with Gasteiger partial charge in [-0.2, -0.15) is 0 Å². The van der Waals surface area contributed by atoms with Gasteiger partial charge in [0.15, 0.2) is 0 Å². The average Bonchev–Trinajstić information content (AvgIpc) is 3.73. The van der Waals surface area contributed by atoms with E-state index in [2.05, 4.69) is 22.7 Å². The summed E-state index contributed by atoms with van der Waals surface area (Å²) in [5.74, 6) is -2.39. The maximum Gasteiger partial charge on any atom is 1.00 e. The molecule has 1 unspecified atom stereocenters. The number of halogens is 2. The van der Waals surface area contributed by atoms with E-state index < -0.39 is 17.5 Å². The van der Waals surface area contributed by atoms with E-state index in [4.69, 9.17) is 38.2 Å². The molecule has 1 aromatic rings. The zero-order valence-electron chi connectivity index (χ0n) is 31.5. The number of carboxylic acids is 2. The Morgan fingerprint density at radius 1 is 0.873 bits per heavy atom. The number of nitrogens with one attached hydrogen (secondary N) is 3. The number of fused-ring (bicyclic) bond motifs is 5. The van der Waals surface area contributed by atoms with Crippen LogP contribution in [0.15, 0.2) is 150 Å². The molecule has 15 heteroatoms. The number of allylic oxidation sites excluding steroid dienone is 11. The molecule has 8 bridgehead atoms. The first-order valence-electron chi connectivity index (χ1n) is 16.8. The van der Waals surface area contributed by atoms with E-state index in [9.17, 15) is 24.9 Å². The number of hydrazine groups is 1. The molecule has 0 aromatic heterocycles. The van der Waals surface area contributed by atoms with Crippen molar-refractivity contribution in [2.75, 3.05) is 5.43 Å². The Morgan fingerprint density at radius 3 is 2.15 bits per heavy atom. The van der Waals surface area contributed by atoms with E-state index in [0.29, 0.717) is 78.1 Å². The normalized spacial score (nSPS) is 20.2. The van der Waals surface area contributed by atoms with Crippen LogP contribution in [0.25, 0.3) is 0 Å². The summed E-state index contributed by atoms with van der Waals surface area (Å²) < 4.78 is 0. The first-order valence-corrected chi connectivity index (χ1v) is 17.6. The zero-order chi connectivity index (χ0) is 38.2. The molecule has 0 saturated carbocycles. The van der Waals surface area contributed by atoms with Crippen molar-refractivity contribution in [2.45, 2.75) is 59.0 Å². The molecule has 5 aliphatic heterocycles. The first-order chi connectivity index (χ1) is 25.2. The summed E-state index contributed by atoms with van der Waals surface area (Å²) in [5.41, 5.74) is 14.4. The number of carboxylic acid groups (broad SMARTS) is 2. The van der Waals surface area contributed by atoms with Crippen LogP contribution in [0, 0.1) is 0 Å². The molecule has 11 nitrogen and oxygen atoms in total. The summed E-state index contributed by atoms with van der Waals surface area (Å²) in [6.07, 6.45) is 12.1. The van der Waals surface area contributed by atoms with Gasteiger partial charge in [0.25, 0.3) is 0 Å². The third-order valence-corrected chi connectivity index (χ3v) is 10.2. The van der Waals surface area contributed by atoms with Gasteiger partial charge < -0.3 is 35.7 Å². The SMILES string of the molecule is C=CC1=C(C)C2=CC3=NC(=CC4=NC(=CC5=C(/C=C/NNc6ccc(Cl)cc6Cl)C(C)(O)C(=CC1=N2)N5)C(C)=C4CCC(=O)[O-])C(CCC(=O)[O-])=C3C.[Na+].[Na+]. The van der Waals surface area contributed by atoms with Crippen LogP contribution in [0.5, 0.6) is 0 Å². The van der Waals surface area contributed by atoms with Crippen LogP contribution in [-0.4, -0.2) is 39.8 Å². The fourth-order valence-electron chi connectivity index (χ4n) is 6.62. The van der Waals surface area contributed by atoms with Gasteiger partial charge in [0.1, 0.15) is 5.60 Å². The van der Waals surface area contributed by atoms with Crippen LogP contribution in [-0.2, 0) is 9.59 Å². The first kappa shape index (κ1) is 44.2. The Labute approximate surface area is 373 Å². The van der Waals surface area contributed by atoms with Gasteiger partial charge in [-0.05, 0) is 130 Å². The number of hydrogen-bond acceptors (Lipinski definition) is 11. The van der Waals surface area contributed by atoms with E-state index in [1.54, 1.807) is 61.7 Å². The number of carbonyl (C=O) groups is 2. The number of benzene rings is 1. The smallest absolute Gasteiger partial charge is 0.550 e. The van der Waals surface area contributed by atoms with Crippen molar-refractivity contribution in [1.29, 1.82) is 0 Å². The monoisotopic (exact) mass is 796 g/mol. The Bertz CT molecular complexity index is 2270. The number of rotatable bonds is 11. The predicted molar refractivity (Wildman–Crippen MR) is 205 cm³/mol. The van der Waals surface area contributed by atoms with Crippen LogP contribution in [0.3, 0.4) is 0 Å². The topological polar surface area (TPSA) is 174 Å². The van der Waals surface area contributed by atoms with Crippen LogP contribution < -0.4 is 85.5 Å². The molecule has 0 saturated heterocycles. The van der Waals surface area contributed by atoms with Gasteiger partial charge in [-0.3, -0.25) is 5.43 Å². The molecule has 0 amide bonds. The molecule has 0 fully saturated rings. The molecule has 0 aliphatic carbocycles. The number of aliphatic imine (C=N–C) groups is 3. The number of hydrogen-bond donors (Lipinski definition) is 4. The molecule has 6 rings (SSSR count).